The monoisotopic (exact) mass is 329 g/mol. The molecule has 1 N–H and O–H groups in total. The molecule has 2 nitrogen and oxygen atoms in total. The van der Waals surface area contributed by atoms with Gasteiger partial charge in [-0.2, -0.15) is 0 Å². The number of aryl methyl sites for hydroxylation is 1. The predicted molar refractivity (Wildman–Crippen MR) is 80.6 cm³/mol. The lowest BCUT2D eigenvalue weighted by molar-refractivity contribution is -0.122. The van der Waals surface area contributed by atoms with Gasteiger partial charge in [0, 0.05) is 16.2 Å². The highest BCUT2D eigenvalue weighted by Crippen LogP contribution is 2.35. The summed E-state index contributed by atoms with van der Waals surface area (Å²) in [6.07, 6.45) is 3.27. The second-order valence-electron chi connectivity index (χ2n) is 5.25. The summed E-state index contributed by atoms with van der Waals surface area (Å²) in [5.74, 6) is 0.805. The van der Waals surface area contributed by atoms with Crippen LogP contribution in [0.25, 0.3) is 0 Å². The van der Waals surface area contributed by atoms with E-state index in [-0.39, 0.29) is 11.8 Å². The largest absolute Gasteiger partial charge is 0.354 e. The predicted octanol–water partition coefficient (Wildman–Crippen LogP) is 3.70. The van der Waals surface area contributed by atoms with E-state index >= 15 is 0 Å². The van der Waals surface area contributed by atoms with Crippen molar-refractivity contribution in [2.75, 3.05) is 6.54 Å². The van der Waals surface area contributed by atoms with Crippen LogP contribution in [-0.4, -0.2) is 17.3 Å². The van der Waals surface area contributed by atoms with Gasteiger partial charge in [-0.3, -0.25) is 4.79 Å². The van der Waals surface area contributed by atoms with Gasteiger partial charge in [0.2, 0.25) is 5.91 Å². The van der Waals surface area contributed by atoms with Gasteiger partial charge >= 0.3 is 0 Å². The summed E-state index contributed by atoms with van der Waals surface area (Å²) in [6.45, 7) is 5.03. The number of hydrogen-bond donors (Lipinski definition) is 1. The first-order chi connectivity index (χ1) is 8.59. The van der Waals surface area contributed by atoms with Gasteiger partial charge in [0.15, 0.2) is 0 Å². The van der Waals surface area contributed by atoms with Gasteiger partial charge in [-0.25, -0.2) is 0 Å². The maximum atomic E-state index is 12.3. The highest BCUT2D eigenvalue weighted by atomic mass is 79.9. The number of hydrogen-bond acceptors (Lipinski definition) is 2. The van der Waals surface area contributed by atoms with Crippen molar-refractivity contribution in [2.24, 2.45) is 5.92 Å². The first kappa shape index (κ1) is 14.1. The van der Waals surface area contributed by atoms with Crippen molar-refractivity contribution >= 4 is 33.2 Å². The zero-order valence-electron chi connectivity index (χ0n) is 10.9. The van der Waals surface area contributed by atoms with Crippen LogP contribution in [0.5, 0.6) is 0 Å². The van der Waals surface area contributed by atoms with E-state index in [0.717, 1.165) is 19.3 Å². The number of rotatable bonds is 4. The lowest BCUT2D eigenvalue weighted by Gasteiger charge is -2.23. The van der Waals surface area contributed by atoms with Crippen LogP contribution in [0.1, 0.15) is 43.0 Å². The van der Waals surface area contributed by atoms with Crippen molar-refractivity contribution in [3.63, 3.8) is 0 Å². The average molecular weight is 330 g/mol. The highest BCUT2D eigenvalue weighted by Gasteiger charge is 2.27. The molecule has 100 valence electrons. The van der Waals surface area contributed by atoms with Gasteiger partial charge in [0.25, 0.3) is 0 Å². The second-order valence-corrected chi connectivity index (χ2v) is 7.43. The molecule has 0 aromatic carbocycles. The normalized spacial score (nSPS) is 20.6. The van der Waals surface area contributed by atoms with Gasteiger partial charge in [-0.15, -0.1) is 11.3 Å². The molecule has 0 spiro atoms. The molecular weight excluding hydrogens is 310 g/mol. The molecule has 2 atom stereocenters. The standard InChI is InChI=1S/C14H20BrNOS/c1-9(2)12(15)8-16-14(17)11-4-3-5-13-10(11)6-7-18-13/h6-7,9,11-12H,3-5,8H2,1-2H3,(H,16,17). The lowest BCUT2D eigenvalue weighted by atomic mass is 9.87. The highest BCUT2D eigenvalue weighted by molar-refractivity contribution is 9.09. The SMILES string of the molecule is CC(C)C(Br)CNC(=O)C1CCCc2sccc21. The van der Waals surface area contributed by atoms with Crippen molar-refractivity contribution in [1.82, 2.24) is 5.32 Å². The maximum absolute atomic E-state index is 12.3. The topological polar surface area (TPSA) is 29.1 Å². The first-order valence-corrected chi connectivity index (χ1v) is 8.37. The van der Waals surface area contributed by atoms with Crippen LogP contribution in [0, 0.1) is 5.92 Å². The van der Waals surface area contributed by atoms with E-state index in [0.29, 0.717) is 17.3 Å². The smallest absolute Gasteiger partial charge is 0.227 e. The molecule has 4 heteroatoms. The van der Waals surface area contributed by atoms with Crippen LogP contribution in [0.15, 0.2) is 11.4 Å². The first-order valence-electron chi connectivity index (χ1n) is 6.57. The molecule has 18 heavy (non-hydrogen) atoms. The summed E-state index contributed by atoms with van der Waals surface area (Å²) in [4.78, 5) is 14.0. The number of fused-ring (bicyclic) bond motifs is 1. The second kappa shape index (κ2) is 6.20. The Morgan fingerprint density at radius 2 is 2.39 bits per heavy atom. The Balaban J connectivity index is 1.95. The molecule has 0 aliphatic heterocycles. The van der Waals surface area contributed by atoms with Gasteiger partial charge in [0.05, 0.1) is 5.92 Å². The Hall–Kier alpha value is -0.350. The Morgan fingerprint density at radius 1 is 1.61 bits per heavy atom. The summed E-state index contributed by atoms with van der Waals surface area (Å²) in [6, 6.07) is 2.12. The minimum atomic E-state index is 0.0758. The Kier molecular flexibility index (Phi) is 4.84. The number of thiophene rings is 1. The molecule has 0 bridgehead atoms. The molecule has 1 heterocycles. The van der Waals surface area contributed by atoms with Crippen molar-refractivity contribution in [2.45, 2.75) is 43.9 Å². The average Bonchev–Trinajstić information content (AvgIpc) is 2.83. The maximum Gasteiger partial charge on any atom is 0.227 e. The van der Waals surface area contributed by atoms with Crippen molar-refractivity contribution < 1.29 is 4.79 Å². The van der Waals surface area contributed by atoms with E-state index in [1.807, 2.05) is 0 Å². The Labute approximate surface area is 121 Å². The fourth-order valence-electron chi connectivity index (χ4n) is 2.32. The molecule has 0 saturated carbocycles. The Bertz CT molecular complexity index is 416. The lowest BCUT2D eigenvalue weighted by Crippen LogP contribution is -2.36. The van der Waals surface area contributed by atoms with Gasteiger partial charge < -0.3 is 5.32 Å². The van der Waals surface area contributed by atoms with E-state index in [4.69, 9.17) is 0 Å². The van der Waals surface area contributed by atoms with E-state index in [2.05, 4.69) is 46.5 Å². The van der Waals surface area contributed by atoms with Crippen molar-refractivity contribution in [1.29, 1.82) is 0 Å². The number of amides is 1. The quantitative estimate of drug-likeness (QED) is 0.838. The van der Waals surface area contributed by atoms with Gasteiger partial charge in [0.1, 0.15) is 0 Å². The fourth-order valence-corrected chi connectivity index (χ4v) is 3.47. The molecule has 0 saturated heterocycles. The zero-order valence-corrected chi connectivity index (χ0v) is 13.3. The van der Waals surface area contributed by atoms with Crippen LogP contribution >= 0.6 is 27.3 Å². The molecule has 1 aliphatic rings. The minimum absolute atomic E-state index is 0.0758. The fraction of sp³-hybridized carbons (Fsp3) is 0.643. The molecule has 1 aromatic rings. The third-order valence-electron chi connectivity index (χ3n) is 3.56. The summed E-state index contributed by atoms with van der Waals surface area (Å²) >= 11 is 5.39. The van der Waals surface area contributed by atoms with Crippen LogP contribution in [0.4, 0.5) is 0 Å². The summed E-state index contributed by atoms with van der Waals surface area (Å²) in [5.41, 5.74) is 1.26. The van der Waals surface area contributed by atoms with Gasteiger partial charge in [-0.1, -0.05) is 29.8 Å². The Morgan fingerprint density at radius 3 is 3.11 bits per heavy atom. The minimum Gasteiger partial charge on any atom is -0.354 e. The zero-order chi connectivity index (χ0) is 13.1. The van der Waals surface area contributed by atoms with Crippen LogP contribution in [0.3, 0.4) is 0 Å². The molecule has 0 radical (unpaired) electrons. The molecule has 1 aliphatic carbocycles. The number of halogens is 1. The van der Waals surface area contributed by atoms with Crippen LogP contribution < -0.4 is 5.32 Å². The van der Waals surface area contributed by atoms with Gasteiger partial charge in [-0.05, 0) is 42.2 Å². The number of carbonyl (C=O) groups excluding carboxylic acids is 1. The van der Waals surface area contributed by atoms with Crippen molar-refractivity contribution in [3.8, 4) is 0 Å². The molecule has 2 rings (SSSR count). The molecular formula is C14H20BrNOS. The third-order valence-corrected chi connectivity index (χ3v) is 5.94. The van der Waals surface area contributed by atoms with Crippen LogP contribution in [-0.2, 0) is 11.2 Å². The molecule has 2 unspecified atom stereocenters. The summed E-state index contributed by atoms with van der Waals surface area (Å²) in [7, 11) is 0. The molecule has 0 fully saturated rings. The number of nitrogens with one attached hydrogen (secondary N) is 1. The van der Waals surface area contributed by atoms with E-state index in [9.17, 15) is 4.79 Å². The summed E-state index contributed by atoms with van der Waals surface area (Å²) in [5, 5.41) is 5.19. The number of carbonyl (C=O) groups is 1. The van der Waals surface area contributed by atoms with E-state index in [1.54, 1.807) is 11.3 Å². The molecule has 1 amide bonds. The molecule has 1 aromatic heterocycles. The number of alkyl halides is 1. The van der Waals surface area contributed by atoms with E-state index in [1.165, 1.54) is 10.4 Å². The van der Waals surface area contributed by atoms with E-state index < -0.39 is 0 Å². The van der Waals surface area contributed by atoms with Crippen molar-refractivity contribution in [3.05, 3.63) is 21.9 Å². The van der Waals surface area contributed by atoms with Crippen LogP contribution in [0.2, 0.25) is 0 Å². The third kappa shape index (κ3) is 3.15. The summed E-state index contributed by atoms with van der Waals surface area (Å²) < 4.78 is 0.